The molecule has 0 bridgehead atoms. The van der Waals surface area contributed by atoms with Crippen LogP contribution >= 0.6 is 11.6 Å². The van der Waals surface area contributed by atoms with Crippen LogP contribution in [0.15, 0.2) is 42.5 Å². The largest absolute Gasteiger partial charge is 0.434 e. The van der Waals surface area contributed by atoms with Gasteiger partial charge in [0.15, 0.2) is 0 Å². The summed E-state index contributed by atoms with van der Waals surface area (Å²) < 4.78 is 29.0. The Hall–Kier alpha value is -2.14. The summed E-state index contributed by atoms with van der Waals surface area (Å²) in [5.74, 6) is -0.721. The Morgan fingerprint density at radius 2 is 1.90 bits per heavy atom. The third-order valence-electron chi connectivity index (χ3n) is 2.86. The molecule has 0 aromatic heterocycles. The molecule has 0 aliphatic rings. The lowest BCUT2D eigenvalue weighted by atomic mass is 10.1. The normalized spacial score (nSPS) is 10.5. The highest BCUT2D eigenvalue weighted by molar-refractivity contribution is 6.31. The minimum absolute atomic E-state index is 0.0252. The van der Waals surface area contributed by atoms with Gasteiger partial charge in [-0.15, -0.1) is 0 Å². The minimum atomic E-state index is -2.99. The van der Waals surface area contributed by atoms with Gasteiger partial charge in [0.05, 0.1) is 5.56 Å². The average molecular weight is 312 g/mol. The van der Waals surface area contributed by atoms with Crippen molar-refractivity contribution in [2.45, 2.75) is 13.5 Å². The number of alkyl halides is 2. The fourth-order valence-corrected chi connectivity index (χ4v) is 1.96. The molecule has 0 spiro atoms. The number of hydrogen-bond acceptors (Lipinski definition) is 2. The molecule has 0 aliphatic carbocycles. The molecule has 3 nitrogen and oxygen atoms in total. The molecular weight excluding hydrogens is 300 g/mol. The Bertz CT molecular complexity index is 662. The Balaban J connectivity index is 2.27. The summed E-state index contributed by atoms with van der Waals surface area (Å²) in [6, 6.07) is 10.9. The Kier molecular flexibility index (Phi) is 4.75. The topological polar surface area (TPSA) is 38.3 Å². The van der Waals surface area contributed by atoms with Crippen molar-refractivity contribution in [3.8, 4) is 5.75 Å². The summed E-state index contributed by atoms with van der Waals surface area (Å²) in [5, 5.41) is 3.14. The zero-order valence-corrected chi connectivity index (χ0v) is 11.8. The van der Waals surface area contributed by atoms with E-state index in [1.54, 1.807) is 31.2 Å². The summed E-state index contributed by atoms with van der Waals surface area (Å²) in [4.78, 5) is 12.2. The second-order valence-electron chi connectivity index (χ2n) is 4.24. The maximum absolute atomic E-state index is 12.3. The van der Waals surface area contributed by atoms with Crippen LogP contribution in [-0.2, 0) is 0 Å². The standard InChI is InChI=1S/C15H12ClF2NO2/c1-9-11(16)6-4-7-12(9)19-14(20)10-5-2-3-8-13(10)21-15(17)18/h2-8,15H,1H3,(H,19,20). The number of rotatable bonds is 4. The van der Waals surface area contributed by atoms with Crippen LogP contribution in [0.5, 0.6) is 5.75 Å². The molecule has 0 aliphatic heterocycles. The molecule has 0 fully saturated rings. The van der Waals surface area contributed by atoms with E-state index in [9.17, 15) is 13.6 Å². The van der Waals surface area contributed by atoms with Crippen LogP contribution in [0.2, 0.25) is 5.02 Å². The van der Waals surface area contributed by atoms with Crippen molar-refractivity contribution in [2.24, 2.45) is 0 Å². The molecule has 1 N–H and O–H groups in total. The Labute approximate surface area is 125 Å². The van der Waals surface area contributed by atoms with Gasteiger partial charge in [-0.2, -0.15) is 8.78 Å². The van der Waals surface area contributed by atoms with Gasteiger partial charge in [-0.1, -0.05) is 29.8 Å². The molecule has 0 heterocycles. The molecule has 2 rings (SSSR count). The van der Waals surface area contributed by atoms with E-state index in [-0.39, 0.29) is 11.3 Å². The highest BCUT2D eigenvalue weighted by Gasteiger charge is 2.16. The number of carbonyl (C=O) groups is 1. The summed E-state index contributed by atoms with van der Waals surface area (Å²) in [6.45, 7) is -1.24. The monoisotopic (exact) mass is 311 g/mol. The molecule has 0 radical (unpaired) electrons. The molecule has 0 saturated carbocycles. The number of ether oxygens (including phenoxy) is 1. The molecule has 0 saturated heterocycles. The lowest BCUT2D eigenvalue weighted by Gasteiger charge is -2.12. The van der Waals surface area contributed by atoms with Gasteiger partial charge in [0.25, 0.3) is 5.91 Å². The SMILES string of the molecule is Cc1c(Cl)cccc1NC(=O)c1ccccc1OC(F)F. The number of para-hydroxylation sites is 1. The lowest BCUT2D eigenvalue weighted by molar-refractivity contribution is -0.0501. The fraction of sp³-hybridized carbons (Fsp3) is 0.133. The second-order valence-corrected chi connectivity index (χ2v) is 4.65. The van der Waals surface area contributed by atoms with Crippen LogP contribution in [0, 0.1) is 6.92 Å². The maximum atomic E-state index is 12.3. The van der Waals surface area contributed by atoms with E-state index in [2.05, 4.69) is 10.1 Å². The first kappa shape index (κ1) is 15.3. The van der Waals surface area contributed by atoms with Crippen LogP contribution in [0.3, 0.4) is 0 Å². The number of benzene rings is 2. The molecule has 21 heavy (non-hydrogen) atoms. The van der Waals surface area contributed by atoms with E-state index in [0.29, 0.717) is 16.3 Å². The van der Waals surface area contributed by atoms with Gasteiger partial charge in [0.1, 0.15) is 5.75 Å². The van der Waals surface area contributed by atoms with Crippen LogP contribution in [0.1, 0.15) is 15.9 Å². The number of halogens is 3. The van der Waals surface area contributed by atoms with Gasteiger partial charge in [-0.25, -0.2) is 0 Å². The Morgan fingerprint density at radius 1 is 1.19 bits per heavy atom. The van der Waals surface area contributed by atoms with Crippen molar-refractivity contribution in [3.05, 3.63) is 58.6 Å². The van der Waals surface area contributed by atoms with E-state index in [1.165, 1.54) is 18.2 Å². The predicted octanol–water partition coefficient (Wildman–Crippen LogP) is 4.50. The summed E-state index contributed by atoms with van der Waals surface area (Å²) in [7, 11) is 0. The van der Waals surface area contributed by atoms with E-state index in [1.807, 2.05) is 0 Å². The maximum Gasteiger partial charge on any atom is 0.387 e. The zero-order valence-electron chi connectivity index (χ0n) is 11.1. The molecule has 2 aromatic carbocycles. The van der Waals surface area contributed by atoms with Crippen molar-refractivity contribution in [1.29, 1.82) is 0 Å². The van der Waals surface area contributed by atoms with Gasteiger partial charge < -0.3 is 10.1 Å². The highest BCUT2D eigenvalue weighted by Crippen LogP contribution is 2.25. The molecule has 1 amide bonds. The van der Waals surface area contributed by atoms with Crippen LogP contribution < -0.4 is 10.1 Å². The van der Waals surface area contributed by atoms with E-state index < -0.39 is 12.5 Å². The number of amides is 1. The van der Waals surface area contributed by atoms with Crippen molar-refractivity contribution >= 4 is 23.2 Å². The van der Waals surface area contributed by atoms with Crippen LogP contribution in [-0.4, -0.2) is 12.5 Å². The molecule has 110 valence electrons. The van der Waals surface area contributed by atoms with Gasteiger partial charge in [-0.3, -0.25) is 4.79 Å². The van der Waals surface area contributed by atoms with E-state index >= 15 is 0 Å². The molecular formula is C15H12ClF2NO2. The first-order valence-corrected chi connectivity index (χ1v) is 6.47. The zero-order chi connectivity index (χ0) is 15.4. The first-order chi connectivity index (χ1) is 9.99. The molecule has 0 atom stereocenters. The molecule has 6 heteroatoms. The number of hydrogen-bond donors (Lipinski definition) is 1. The van der Waals surface area contributed by atoms with Gasteiger partial charge in [0, 0.05) is 10.7 Å². The smallest absolute Gasteiger partial charge is 0.387 e. The highest BCUT2D eigenvalue weighted by atomic mass is 35.5. The van der Waals surface area contributed by atoms with Gasteiger partial charge >= 0.3 is 6.61 Å². The quantitative estimate of drug-likeness (QED) is 0.902. The lowest BCUT2D eigenvalue weighted by Crippen LogP contribution is -2.15. The first-order valence-electron chi connectivity index (χ1n) is 6.09. The number of carbonyl (C=O) groups excluding carboxylic acids is 1. The fourth-order valence-electron chi connectivity index (χ4n) is 1.79. The summed E-state index contributed by atoms with van der Waals surface area (Å²) in [5.41, 5.74) is 1.23. The Morgan fingerprint density at radius 3 is 2.62 bits per heavy atom. The van der Waals surface area contributed by atoms with E-state index in [4.69, 9.17) is 11.6 Å². The van der Waals surface area contributed by atoms with Crippen LogP contribution in [0.25, 0.3) is 0 Å². The third-order valence-corrected chi connectivity index (χ3v) is 3.27. The molecule has 0 unspecified atom stereocenters. The summed E-state index contributed by atoms with van der Waals surface area (Å²) >= 11 is 5.97. The average Bonchev–Trinajstić information content (AvgIpc) is 2.44. The third kappa shape index (κ3) is 3.70. The van der Waals surface area contributed by atoms with E-state index in [0.717, 1.165) is 0 Å². The minimum Gasteiger partial charge on any atom is -0.434 e. The predicted molar refractivity (Wildman–Crippen MR) is 77.2 cm³/mol. The van der Waals surface area contributed by atoms with Crippen molar-refractivity contribution in [3.63, 3.8) is 0 Å². The van der Waals surface area contributed by atoms with Gasteiger partial charge in [0.2, 0.25) is 0 Å². The number of nitrogens with one attached hydrogen (secondary N) is 1. The van der Waals surface area contributed by atoms with Gasteiger partial charge in [-0.05, 0) is 36.8 Å². The van der Waals surface area contributed by atoms with Crippen molar-refractivity contribution in [1.82, 2.24) is 0 Å². The molecule has 2 aromatic rings. The second kappa shape index (κ2) is 6.54. The number of anilines is 1. The van der Waals surface area contributed by atoms with Crippen LogP contribution in [0.4, 0.5) is 14.5 Å². The van der Waals surface area contributed by atoms with Crippen molar-refractivity contribution in [2.75, 3.05) is 5.32 Å². The van der Waals surface area contributed by atoms with Crippen molar-refractivity contribution < 1.29 is 18.3 Å². The summed E-state index contributed by atoms with van der Waals surface area (Å²) in [6.07, 6.45) is 0.